The second-order valence-corrected chi connectivity index (χ2v) is 10.1. The van der Waals surface area contributed by atoms with E-state index in [1.165, 1.54) is 23.0 Å². The molecular weight excluding hydrogens is 471 g/mol. The van der Waals surface area contributed by atoms with Crippen molar-refractivity contribution in [3.63, 3.8) is 0 Å². The molecule has 7 nitrogen and oxygen atoms in total. The van der Waals surface area contributed by atoms with Crippen molar-refractivity contribution in [1.82, 2.24) is 15.1 Å². The summed E-state index contributed by atoms with van der Waals surface area (Å²) in [5, 5.41) is 7.59. The van der Waals surface area contributed by atoms with Crippen LogP contribution < -0.4 is 11.1 Å². The molecule has 1 heterocycles. The minimum absolute atomic E-state index is 0.0477. The molecule has 3 N–H and O–H groups in total. The zero-order chi connectivity index (χ0) is 26.4. The molecule has 4 rings (SSSR count). The maximum Gasteiger partial charge on any atom is 0.323 e. The Bertz CT molecular complexity index is 1220. The first-order valence-corrected chi connectivity index (χ1v) is 13.0. The monoisotopic (exact) mass is 506 g/mol. The molecule has 3 aromatic rings. The Balaban J connectivity index is 1.39. The Kier molecular flexibility index (Phi) is 8.71. The molecule has 0 aliphatic heterocycles. The van der Waals surface area contributed by atoms with Gasteiger partial charge >= 0.3 is 5.97 Å². The predicted octanol–water partition coefficient (Wildman–Crippen LogP) is 4.86. The number of hydrogen-bond acceptors (Lipinski definition) is 6. The van der Waals surface area contributed by atoms with Gasteiger partial charge in [-0.25, -0.2) is 9.07 Å². The van der Waals surface area contributed by atoms with Crippen LogP contribution in [0, 0.1) is 11.7 Å². The summed E-state index contributed by atoms with van der Waals surface area (Å²) in [5.41, 5.74) is 8.54. The van der Waals surface area contributed by atoms with Crippen LogP contribution in [0.4, 0.5) is 10.2 Å². The maximum absolute atomic E-state index is 13.3. The molecule has 1 aliphatic rings. The number of nitrogens with two attached hydrogens (primary N) is 1. The SMILES string of the molecule is CC(C)C[C@H](NCCc1cccc(C(=O)c2cnn(-c3ccc(F)cc3)c2N)c1)C(=O)OC1CCCC1. The van der Waals surface area contributed by atoms with Crippen LogP contribution in [-0.2, 0) is 16.0 Å². The van der Waals surface area contributed by atoms with Crippen molar-refractivity contribution in [1.29, 1.82) is 0 Å². The minimum atomic E-state index is -0.363. The second-order valence-electron chi connectivity index (χ2n) is 10.1. The van der Waals surface area contributed by atoms with Gasteiger partial charge in [-0.1, -0.05) is 32.0 Å². The first-order valence-electron chi connectivity index (χ1n) is 13.0. The minimum Gasteiger partial charge on any atom is -0.461 e. The molecule has 0 radical (unpaired) electrons. The van der Waals surface area contributed by atoms with Crippen molar-refractivity contribution >= 4 is 17.6 Å². The number of ketones is 1. The van der Waals surface area contributed by atoms with Crippen LogP contribution in [0.5, 0.6) is 0 Å². The molecule has 196 valence electrons. The molecular formula is C29H35FN4O3. The van der Waals surface area contributed by atoms with Crippen molar-refractivity contribution in [3.8, 4) is 5.69 Å². The highest BCUT2D eigenvalue weighted by Gasteiger charge is 2.26. The number of nitrogens with zero attached hydrogens (tertiary/aromatic N) is 2. The van der Waals surface area contributed by atoms with Gasteiger partial charge < -0.3 is 15.8 Å². The number of esters is 1. The van der Waals surface area contributed by atoms with Gasteiger partial charge in [0.15, 0.2) is 5.78 Å². The van der Waals surface area contributed by atoms with Crippen molar-refractivity contribution in [2.24, 2.45) is 5.92 Å². The number of ether oxygens (including phenoxy) is 1. The first kappa shape index (κ1) is 26.5. The fourth-order valence-corrected chi connectivity index (χ4v) is 4.72. The fraction of sp³-hybridized carbons (Fsp3) is 0.414. The number of nitrogens with one attached hydrogen (secondary N) is 1. The van der Waals surface area contributed by atoms with Crippen LogP contribution in [0.15, 0.2) is 54.7 Å². The van der Waals surface area contributed by atoms with Crippen molar-refractivity contribution in [2.75, 3.05) is 12.3 Å². The lowest BCUT2D eigenvalue weighted by Crippen LogP contribution is -2.41. The average Bonchev–Trinajstić information content (AvgIpc) is 3.53. The molecule has 0 amide bonds. The summed E-state index contributed by atoms with van der Waals surface area (Å²) in [6.45, 7) is 4.77. The second kappa shape index (κ2) is 12.1. The lowest BCUT2D eigenvalue weighted by molar-refractivity contribution is -0.151. The largest absolute Gasteiger partial charge is 0.461 e. The van der Waals surface area contributed by atoms with Gasteiger partial charge in [-0.2, -0.15) is 5.10 Å². The van der Waals surface area contributed by atoms with Gasteiger partial charge in [0.1, 0.15) is 23.8 Å². The Labute approximate surface area is 217 Å². The number of benzene rings is 2. The number of hydrogen-bond donors (Lipinski definition) is 2. The Morgan fingerprint density at radius 1 is 1.16 bits per heavy atom. The van der Waals surface area contributed by atoms with Gasteiger partial charge in [0, 0.05) is 5.56 Å². The summed E-state index contributed by atoms with van der Waals surface area (Å²) in [6.07, 6.45) is 6.98. The third-order valence-corrected chi connectivity index (χ3v) is 6.69. The summed E-state index contributed by atoms with van der Waals surface area (Å²) in [4.78, 5) is 26.0. The van der Waals surface area contributed by atoms with E-state index in [1.807, 2.05) is 18.2 Å². The van der Waals surface area contributed by atoms with Crippen molar-refractivity contribution in [3.05, 3.63) is 77.2 Å². The zero-order valence-electron chi connectivity index (χ0n) is 21.5. The van der Waals surface area contributed by atoms with Crippen molar-refractivity contribution < 1.29 is 18.7 Å². The molecule has 1 fully saturated rings. The first-order chi connectivity index (χ1) is 17.8. The molecule has 1 saturated carbocycles. The van der Waals surface area contributed by atoms with E-state index < -0.39 is 0 Å². The van der Waals surface area contributed by atoms with E-state index in [4.69, 9.17) is 10.5 Å². The Hall–Kier alpha value is -3.52. The number of anilines is 1. The van der Waals surface area contributed by atoms with Crippen molar-refractivity contribution in [2.45, 2.75) is 64.5 Å². The third kappa shape index (κ3) is 6.83. The molecule has 1 aromatic heterocycles. The maximum atomic E-state index is 13.3. The average molecular weight is 507 g/mol. The fourth-order valence-electron chi connectivity index (χ4n) is 4.72. The molecule has 0 spiro atoms. The number of carbonyl (C=O) groups is 2. The van der Waals surface area contributed by atoms with Crippen LogP contribution in [0.1, 0.15) is 67.4 Å². The number of halogens is 1. The van der Waals surface area contributed by atoms with E-state index in [0.717, 1.165) is 31.2 Å². The van der Waals surface area contributed by atoms with Gasteiger partial charge in [-0.15, -0.1) is 0 Å². The van der Waals surface area contributed by atoms with Gasteiger partial charge in [-0.05, 0) is 86.9 Å². The zero-order valence-corrected chi connectivity index (χ0v) is 21.5. The lowest BCUT2D eigenvalue weighted by atomic mass is 10.0. The Morgan fingerprint density at radius 2 is 1.89 bits per heavy atom. The summed E-state index contributed by atoms with van der Waals surface area (Å²) < 4.78 is 20.4. The van der Waals surface area contributed by atoms with Crippen LogP contribution in [0.3, 0.4) is 0 Å². The molecule has 1 atom stereocenters. The Morgan fingerprint density at radius 3 is 2.59 bits per heavy atom. The predicted molar refractivity (Wildman–Crippen MR) is 141 cm³/mol. The number of aromatic nitrogens is 2. The van der Waals surface area contributed by atoms with Crippen LogP contribution >= 0.6 is 0 Å². The quantitative estimate of drug-likeness (QED) is 0.285. The van der Waals surface area contributed by atoms with Crippen LogP contribution in [0.2, 0.25) is 0 Å². The van der Waals surface area contributed by atoms with Gasteiger partial charge in [0.2, 0.25) is 0 Å². The molecule has 8 heteroatoms. The third-order valence-electron chi connectivity index (χ3n) is 6.69. The lowest BCUT2D eigenvalue weighted by Gasteiger charge is -2.21. The molecule has 0 unspecified atom stereocenters. The highest BCUT2D eigenvalue weighted by atomic mass is 19.1. The van der Waals surface area contributed by atoms with E-state index in [0.29, 0.717) is 36.6 Å². The van der Waals surface area contributed by atoms with Crippen LogP contribution in [0.25, 0.3) is 5.69 Å². The highest BCUT2D eigenvalue weighted by molar-refractivity contribution is 6.11. The van der Waals surface area contributed by atoms with Crippen LogP contribution in [-0.4, -0.2) is 40.2 Å². The molecule has 0 saturated heterocycles. The summed E-state index contributed by atoms with van der Waals surface area (Å²) in [6, 6.07) is 12.8. The summed E-state index contributed by atoms with van der Waals surface area (Å²) in [7, 11) is 0. The molecule has 37 heavy (non-hydrogen) atoms. The highest BCUT2D eigenvalue weighted by Crippen LogP contribution is 2.23. The topological polar surface area (TPSA) is 99.2 Å². The number of carbonyl (C=O) groups excluding carboxylic acids is 2. The summed E-state index contributed by atoms with van der Waals surface area (Å²) in [5.74, 6) is -0.216. The molecule has 1 aliphatic carbocycles. The molecule has 2 aromatic carbocycles. The smallest absolute Gasteiger partial charge is 0.323 e. The normalized spacial score (nSPS) is 14.7. The summed E-state index contributed by atoms with van der Waals surface area (Å²) >= 11 is 0. The van der Waals surface area contributed by atoms with E-state index in [1.54, 1.807) is 18.2 Å². The standard InChI is InChI=1S/C29H35FN4O3/c1-19(2)16-26(29(36)37-24-8-3-4-9-24)32-15-14-20-6-5-7-21(17-20)27(35)25-18-33-34(28(25)31)23-12-10-22(30)11-13-23/h5-7,10-13,17-19,24,26,32H,3-4,8-9,14-16,31H2,1-2H3/t26-/m0/s1. The van der Waals surface area contributed by atoms with E-state index in [-0.39, 0.29) is 41.1 Å². The number of nitrogen functional groups attached to an aromatic ring is 1. The van der Waals surface area contributed by atoms with Gasteiger partial charge in [0.05, 0.1) is 17.4 Å². The van der Waals surface area contributed by atoms with Gasteiger partial charge in [0.25, 0.3) is 0 Å². The van der Waals surface area contributed by atoms with Gasteiger partial charge in [-0.3, -0.25) is 9.59 Å². The van der Waals surface area contributed by atoms with E-state index in [9.17, 15) is 14.0 Å². The van der Waals surface area contributed by atoms with E-state index >= 15 is 0 Å². The van der Waals surface area contributed by atoms with E-state index in [2.05, 4.69) is 24.3 Å². The molecule has 0 bridgehead atoms. The number of rotatable bonds is 11.